The number of nitrogens with zero attached hydrogens (tertiary/aromatic N) is 4. The summed E-state index contributed by atoms with van der Waals surface area (Å²) in [5.74, 6) is 0.736. The fourth-order valence-electron chi connectivity index (χ4n) is 2.32. The molecule has 0 aliphatic rings. The van der Waals surface area contributed by atoms with Crippen LogP contribution >= 0.6 is 0 Å². The van der Waals surface area contributed by atoms with Gasteiger partial charge in [-0.3, -0.25) is 4.79 Å². The standard InChI is InChI=1S/C16H23N5O/c1-3-4-5-6-7-11-15(22)17-14-10-8-9-13(12-14)16-18-19-20-21(16)2/h8-10,12H,3-7,11H2,1-2H3,(H,17,22). The molecule has 0 spiro atoms. The number of hydrogen-bond donors (Lipinski definition) is 1. The molecular formula is C16H23N5O. The van der Waals surface area contributed by atoms with Crippen molar-refractivity contribution in [3.05, 3.63) is 24.3 Å². The molecule has 1 heterocycles. The fraction of sp³-hybridized carbons (Fsp3) is 0.500. The molecule has 1 aromatic carbocycles. The Morgan fingerprint density at radius 3 is 2.77 bits per heavy atom. The van der Waals surface area contributed by atoms with E-state index in [-0.39, 0.29) is 5.91 Å². The monoisotopic (exact) mass is 301 g/mol. The molecular weight excluding hydrogens is 278 g/mol. The summed E-state index contributed by atoms with van der Waals surface area (Å²) < 4.78 is 1.61. The van der Waals surface area contributed by atoms with E-state index in [1.165, 1.54) is 19.3 Å². The van der Waals surface area contributed by atoms with E-state index in [2.05, 4.69) is 27.8 Å². The number of aryl methyl sites for hydroxylation is 1. The quantitative estimate of drug-likeness (QED) is 0.760. The second kappa shape index (κ2) is 8.26. The van der Waals surface area contributed by atoms with Crippen molar-refractivity contribution in [2.24, 2.45) is 7.05 Å². The van der Waals surface area contributed by atoms with Crippen molar-refractivity contribution in [2.45, 2.75) is 45.4 Å². The fourth-order valence-corrected chi connectivity index (χ4v) is 2.32. The Bertz CT molecular complexity index is 608. The smallest absolute Gasteiger partial charge is 0.224 e. The topological polar surface area (TPSA) is 72.7 Å². The number of aromatic nitrogens is 4. The van der Waals surface area contributed by atoms with Gasteiger partial charge in [-0.15, -0.1) is 5.10 Å². The van der Waals surface area contributed by atoms with Crippen LogP contribution in [0.25, 0.3) is 11.4 Å². The maximum absolute atomic E-state index is 12.0. The van der Waals surface area contributed by atoms with Gasteiger partial charge in [-0.25, -0.2) is 4.68 Å². The average molecular weight is 301 g/mol. The van der Waals surface area contributed by atoms with E-state index in [4.69, 9.17) is 0 Å². The molecule has 1 N–H and O–H groups in total. The van der Waals surface area contributed by atoms with Crippen LogP contribution in [0.2, 0.25) is 0 Å². The minimum Gasteiger partial charge on any atom is -0.326 e. The number of hydrogen-bond acceptors (Lipinski definition) is 4. The van der Waals surface area contributed by atoms with E-state index < -0.39 is 0 Å². The minimum absolute atomic E-state index is 0.0599. The predicted molar refractivity (Wildman–Crippen MR) is 86.2 cm³/mol. The van der Waals surface area contributed by atoms with Gasteiger partial charge in [-0.05, 0) is 29.0 Å². The van der Waals surface area contributed by atoms with Gasteiger partial charge in [0.25, 0.3) is 0 Å². The lowest BCUT2D eigenvalue weighted by atomic mass is 10.1. The molecule has 1 amide bonds. The third-order valence-electron chi connectivity index (χ3n) is 3.53. The molecule has 0 bridgehead atoms. The zero-order valence-electron chi connectivity index (χ0n) is 13.2. The maximum atomic E-state index is 12.0. The molecule has 0 aliphatic carbocycles. The summed E-state index contributed by atoms with van der Waals surface area (Å²) in [6.45, 7) is 2.19. The Kier molecular flexibility index (Phi) is 6.06. The highest BCUT2D eigenvalue weighted by Crippen LogP contribution is 2.19. The summed E-state index contributed by atoms with van der Waals surface area (Å²) in [4.78, 5) is 12.0. The van der Waals surface area contributed by atoms with Crippen LogP contribution in [0.1, 0.15) is 45.4 Å². The zero-order valence-corrected chi connectivity index (χ0v) is 13.2. The summed E-state index contributed by atoms with van der Waals surface area (Å²) in [5.41, 5.74) is 1.66. The maximum Gasteiger partial charge on any atom is 0.224 e. The first-order chi connectivity index (χ1) is 10.7. The van der Waals surface area contributed by atoms with Crippen molar-refractivity contribution in [2.75, 3.05) is 5.32 Å². The SMILES string of the molecule is CCCCCCCC(=O)Nc1cccc(-c2nnnn2C)c1. The van der Waals surface area contributed by atoms with Gasteiger partial charge in [0, 0.05) is 24.7 Å². The number of carbonyl (C=O) groups is 1. The summed E-state index contributed by atoms with van der Waals surface area (Å²) >= 11 is 0. The van der Waals surface area contributed by atoms with Gasteiger partial charge in [-0.1, -0.05) is 44.7 Å². The van der Waals surface area contributed by atoms with Crippen LogP contribution in [-0.2, 0) is 11.8 Å². The molecule has 0 saturated carbocycles. The van der Waals surface area contributed by atoms with Crippen molar-refractivity contribution in [1.82, 2.24) is 20.2 Å². The van der Waals surface area contributed by atoms with Crippen LogP contribution in [0.3, 0.4) is 0 Å². The van der Waals surface area contributed by atoms with Gasteiger partial charge in [0.15, 0.2) is 5.82 Å². The third-order valence-corrected chi connectivity index (χ3v) is 3.53. The normalized spacial score (nSPS) is 10.6. The van der Waals surface area contributed by atoms with Crippen LogP contribution in [-0.4, -0.2) is 26.1 Å². The predicted octanol–water partition coefficient (Wildman–Crippen LogP) is 3.18. The molecule has 2 aromatic rings. The molecule has 2 rings (SSSR count). The Morgan fingerprint density at radius 2 is 2.05 bits per heavy atom. The molecule has 0 fully saturated rings. The second-order valence-corrected chi connectivity index (χ2v) is 5.42. The van der Waals surface area contributed by atoms with E-state index in [0.29, 0.717) is 12.2 Å². The Hall–Kier alpha value is -2.24. The average Bonchev–Trinajstić information content (AvgIpc) is 2.93. The summed E-state index contributed by atoms with van der Waals surface area (Å²) in [6, 6.07) is 7.58. The van der Waals surface area contributed by atoms with Crippen molar-refractivity contribution in [3.8, 4) is 11.4 Å². The Labute approximate surface area is 130 Å². The lowest BCUT2D eigenvalue weighted by Crippen LogP contribution is -2.11. The van der Waals surface area contributed by atoms with Crippen molar-refractivity contribution >= 4 is 11.6 Å². The molecule has 22 heavy (non-hydrogen) atoms. The number of anilines is 1. The Morgan fingerprint density at radius 1 is 1.23 bits per heavy atom. The zero-order chi connectivity index (χ0) is 15.8. The van der Waals surface area contributed by atoms with Crippen LogP contribution in [0.5, 0.6) is 0 Å². The number of amides is 1. The second-order valence-electron chi connectivity index (χ2n) is 5.42. The van der Waals surface area contributed by atoms with E-state index in [1.807, 2.05) is 24.3 Å². The molecule has 0 atom stereocenters. The first kappa shape index (κ1) is 16.1. The van der Waals surface area contributed by atoms with E-state index >= 15 is 0 Å². The van der Waals surface area contributed by atoms with Crippen LogP contribution in [0.15, 0.2) is 24.3 Å². The highest BCUT2D eigenvalue weighted by molar-refractivity contribution is 5.91. The first-order valence-electron chi connectivity index (χ1n) is 7.83. The largest absolute Gasteiger partial charge is 0.326 e. The van der Waals surface area contributed by atoms with Crippen LogP contribution < -0.4 is 5.32 Å². The summed E-state index contributed by atoms with van der Waals surface area (Å²) in [5, 5.41) is 14.4. The number of rotatable bonds is 8. The number of tetrazole rings is 1. The van der Waals surface area contributed by atoms with E-state index in [1.54, 1.807) is 11.7 Å². The van der Waals surface area contributed by atoms with Crippen LogP contribution in [0.4, 0.5) is 5.69 Å². The van der Waals surface area contributed by atoms with Gasteiger partial charge < -0.3 is 5.32 Å². The van der Waals surface area contributed by atoms with Gasteiger partial charge in [0.1, 0.15) is 0 Å². The number of carbonyl (C=O) groups excluding carboxylic acids is 1. The first-order valence-corrected chi connectivity index (χ1v) is 7.83. The van der Waals surface area contributed by atoms with Gasteiger partial charge in [0.2, 0.25) is 5.91 Å². The number of nitrogens with one attached hydrogen (secondary N) is 1. The van der Waals surface area contributed by atoms with Crippen molar-refractivity contribution in [3.63, 3.8) is 0 Å². The van der Waals surface area contributed by atoms with Gasteiger partial charge >= 0.3 is 0 Å². The molecule has 118 valence electrons. The van der Waals surface area contributed by atoms with Crippen molar-refractivity contribution in [1.29, 1.82) is 0 Å². The molecule has 0 saturated heterocycles. The Balaban J connectivity index is 1.88. The van der Waals surface area contributed by atoms with Crippen LogP contribution in [0, 0.1) is 0 Å². The molecule has 6 nitrogen and oxygen atoms in total. The highest BCUT2D eigenvalue weighted by Gasteiger charge is 2.08. The van der Waals surface area contributed by atoms with Gasteiger partial charge in [-0.2, -0.15) is 0 Å². The van der Waals surface area contributed by atoms with Gasteiger partial charge in [0.05, 0.1) is 0 Å². The molecule has 0 radical (unpaired) electrons. The lowest BCUT2D eigenvalue weighted by molar-refractivity contribution is -0.116. The molecule has 6 heteroatoms. The molecule has 0 unspecified atom stereocenters. The summed E-state index contributed by atoms with van der Waals surface area (Å²) in [7, 11) is 1.79. The number of benzene rings is 1. The minimum atomic E-state index is 0.0599. The third kappa shape index (κ3) is 4.65. The molecule has 1 aromatic heterocycles. The lowest BCUT2D eigenvalue weighted by Gasteiger charge is -2.07. The number of unbranched alkanes of at least 4 members (excludes halogenated alkanes) is 4. The van der Waals surface area contributed by atoms with E-state index in [0.717, 1.165) is 24.1 Å². The van der Waals surface area contributed by atoms with E-state index in [9.17, 15) is 4.79 Å². The molecule has 0 aliphatic heterocycles. The summed E-state index contributed by atoms with van der Waals surface area (Å²) in [6.07, 6.45) is 6.30. The highest BCUT2D eigenvalue weighted by atomic mass is 16.1. The van der Waals surface area contributed by atoms with Crippen molar-refractivity contribution < 1.29 is 4.79 Å².